The van der Waals surface area contributed by atoms with Gasteiger partial charge >= 0.3 is 0 Å². The highest BCUT2D eigenvalue weighted by Gasteiger charge is 2.14. The van der Waals surface area contributed by atoms with Crippen molar-refractivity contribution in [3.05, 3.63) is 5.82 Å². The molecule has 0 aliphatic heterocycles. The van der Waals surface area contributed by atoms with Crippen molar-refractivity contribution in [2.24, 2.45) is 0 Å². The van der Waals surface area contributed by atoms with E-state index in [0.717, 1.165) is 0 Å². The van der Waals surface area contributed by atoms with Crippen molar-refractivity contribution in [2.45, 2.75) is 33.0 Å². The minimum Gasteiger partial charge on any atom is -0.239 e. The van der Waals surface area contributed by atoms with Gasteiger partial charge in [-0.05, 0) is 31.2 Å². The lowest BCUT2D eigenvalue weighted by molar-refractivity contribution is 0.329. The first kappa shape index (κ1) is 8.10. The smallest absolute Gasteiger partial charge is 0.185 e. The Bertz CT molecular complexity index is 208. The highest BCUT2D eigenvalue weighted by molar-refractivity contribution is 4.86. The van der Waals surface area contributed by atoms with Crippen LogP contribution in [-0.4, -0.2) is 20.2 Å². The highest BCUT2D eigenvalue weighted by Crippen LogP contribution is 2.14. The summed E-state index contributed by atoms with van der Waals surface area (Å²) < 4.78 is 14.2. The molecule has 0 aromatic carbocycles. The second kappa shape index (κ2) is 2.94. The molecule has 1 atom stereocenters. The van der Waals surface area contributed by atoms with Gasteiger partial charge in [0, 0.05) is 0 Å². The van der Waals surface area contributed by atoms with Gasteiger partial charge in [-0.15, -0.1) is 5.10 Å². The van der Waals surface area contributed by atoms with Gasteiger partial charge in [0.2, 0.25) is 0 Å². The molecule has 4 nitrogen and oxygen atoms in total. The maximum atomic E-state index is 12.7. The van der Waals surface area contributed by atoms with E-state index < -0.39 is 6.17 Å². The predicted molar refractivity (Wildman–Crippen MR) is 37.7 cm³/mol. The number of rotatable bonds is 2. The van der Waals surface area contributed by atoms with Crippen LogP contribution in [0.2, 0.25) is 0 Å². The van der Waals surface area contributed by atoms with E-state index in [1.165, 1.54) is 11.6 Å². The van der Waals surface area contributed by atoms with Gasteiger partial charge in [-0.1, -0.05) is 0 Å². The van der Waals surface area contributed by atoms with Gasteiger partial charge in [0.1, 0.15) is 0 Å². The lowest BCUT2D eigenvalue weighted by atomic mass is 10.3. The zero-order valence-corrected chi connectivity index (χ0v) is 6.82. The van der Waals surface area contributed by atoms with Gasteiger partial charge in [-0.3, -0.25) is 0 Å². The zero-order chi connectivity index (χ0) is 8.43. The molecule has 1 aromatic heterocycles. The maximum Gasteiger partial charge on any atom is 0.185 e. The topological polar surface area (TPSA) is 43.6 Å². The SMILES string of the molecule is CC(F)c1nnnn1C(C)C. The molecule has 0 bridgehead atoms. The van der Waals surface area contributed by atoms with E-state index in [1.807, 2.05) is 13.8 Å². The highest BCUT2D eigenvalue weighted by atomic mass is 19.1. The molecule has 0 aliphatic rings. The van der Waals surface area contributed by atoms with Crippen molar-refractivity contribution in [1.29, 1.82) is 0 Å². The first-order valence-electron chi connectivity index (χ1n) is 3.54. The Kier molecular flexibility index (Phi) is 2.16. The van der Waals surface area contributed by atoms with Crippen molar-refractivity contribution >= 4 is 0 Å². The number of hydrogen-bond acceptors (Lipinski definition) is 3. The lowest BCUT2D eigenvalue weighted by Gasteiger charge is -2.07. The first-order valence-corrected chi connectivity index (χ1v) is 3.54. The van der Waals surface area contributed by atoms with Gasteiger partial charge in [-0.2, -0.15) is 0 Å². The third-order valence-corrected chi connectivity index (χ3v) is 1.36. The average molecular weight is 158 g/mol. The fourth-order valence-electron chi connectivity index (χ4n) is 0.830. The number of tetrazole rings is 1. The van der Waals surface area contributed by atoms with Crippen molar-refractivity contribution in [2.75, 3.05) is 0 Å². The predicted octanol–water partition coefficient (Wildman–Crippen LogP) is 1.28. The standard InChI is InChI=1S/C6H11FN4/c1-4(2)11-6(5(3)7)8-9-10-11/h4-5H,1-3H3. The third kappa shape index (κ3) is 1.53. The molecule has 0 fully saturated rings. The van der Waals surface area contributed by atoms with Gasteiger partial charge in [0.15, 0.2) is 12.0 Å². The molecule has 5 heteroatoms. The minimum absolute atomic E-state index is 0.109. The molecule has 0 spiro atoms. The zero-order valence-electron chi connectivity index (χ0n) is 6.82. The van der Waals surface area contributed by atoms with Crippen LogP contribution in [0.15, 0.2) is 0 Å². The third-order valence-electron chi connectivity index (χ3n) is 1.36. The second-order valence-corrected chi connectivity index (χ2v) is 2.69. The van der Waals surface area contributed by atoms with E-state index >= 15 is 0 Å². The van der Waals surface area contributed by atoms with Crippen molar-refractivity contribution < 1.29 is 4.39 Å². The molecular formula is C6H11FN4. The van der Waals surface area contributed by atoms with Crippen molar-refractivity contribution in [3.63, 3.8) is 0 Å². The molecule has 11 heavy (non-hydrogen) atoms. The molecule has 0 saturated carbocycles. The Balaban J connectivity index is 2.96. The molecular weight excluding hydrogens is 147 g/mol. The van der Waals surface area contributed by atoms with E-state index in [1.54, 1.807) is 0 Å². The van der Waals surface area contributed by atoms with Crippen LogP contribution in [0.25, 0.3) is 0 Å². The summed E-state index contributed by atoms with van der Waals surface area (Å²) in [5.41, 5.74) is 0. The van der Waals surface area contributed by atoms with Crippen LogP contribution in [0.3, 0.4) is 0 Å². The van der Waals surface area contributed by atoms with Crippen LogP contribution in [-0.2, 0) is 0 Å². The molecule has 0 aliphatic carbocycles. The number of aromatic nitrogens is 4. The number of hydrogen-bond donors (Lipinski definition) is 0. The molecule has 0 amide bonds. The normalized spacial score (nSPS) is 13.9. The van der Waals surface area contributed by atoms with Crippen LogP contribution in [0.4, 0.5) is 4.39 Å². The van der Waals surface area contributed by atoms with E-state index in [4.69, 9.17) is 0 Å². The Labute approximate surface area is 64.4 Å². The molecule has 1 heterocycles. The number of nitrogens with zero attached hydrogens (tertiary/aromatic N) is 4. The van der Waals surface area contributed by atoms with Gasteiger partial charge in [0.25, 0.3) is 0 Å². The molecule has 1 rings (SSSR count). The Morgan fingerprint density at radius 2 is 2.00 bits per heavy atom. The number of halogens is 1. The Morgan fingerprint density at radius 3 is 2.36 bits per heavy atom. The van der Waals surface area contributed by atoms with Crippen LogP contribution < -0.4 is 0 Å². The molecule has 0 N–H and O–H groups in total. The molecule has 0 saturated heterocycles. The second-order valence-electron chi connectivity index (χ2n) is 2.69. The van der Waals surface area contributed by atoms with Gasteiger partial charge in [-0.25, -0.2) is 9.07 Å². The fourth-order valence-corrected chi connectivity index (χ4v) is 0.830. The van der Waals surface area contributed by atoms with Crippen molar-refractivity contribution in [1.82, 2.24) is 20.2 Å². The summed E-state index contributed by atoms with van der Waals surface area (Å²) in [5.74, 6) is 0.292. The quantitative estimate of drug-likeness (QED) is 0.651. The van der Waals surface area contributed by atoms with Crippen LogP contribution in [0.5, 0.6) is 0 Å². The minimum atomic E-state index is -1.10. The summed E-state index contributed by atoms with van der Waals surface area (Å²) in [6.45, 7) is 5.23. The van der Waals surface area contributed by atoms with Crippen LogP contribution >= 0.6 is 0 Å². The summed E-state index contributed by atoms with van der Waals surface area (Å²) in [4.78, 5) is 0. The summed E-state index contributed by atoms with van der Waals surface area (Å²) in [7, 11) is 0. The molecule has 1 aromatic rings. The van der Waals surface area contributed by atoms with Crippen LogP contribution in [0.1, 0.15) is 38.8 Å². The van der Waals surface area contributed by atoms with Crippen LogP contribution in [0, 0.1) is 0 Å². The largest absolute Gasteiger partial charge is 0.239 e. The monoisotopic (exact) mass is 158 g/mol. The van der Waals surface area contributed by atoms with E-state index in [9.17, 15) is 4.39 Å². The summed E-state index contributed by atoms with van der Waals surface area (Å²) in [5, 5.41) is 10.6. The van der Waals surface area contributed by atoms with Crippen molar-refractivity contribution in [3.8, 4) is 0 Å². The fraction of sp³-hybridized carbons (Fsp3) is 0.833. The number of alkyl halides is 1. The molecule has 0 radical (unpaired) electrons. The molecule has 1 unspecified atom stereocenters. The van der Waals surface area contributed by atoms with E-state index in [2.05, 4.69) is 15.5 Å². The maximum absolute atomic E-state index is 12.7. The molecule has 62 valence electrons. The Hall–Kier alpha value is -1.00. The average Bonchev–Trinajstić information content (AvgIpc) is 2.32. The summed E-state index contributed by atoms with van der Waals surface area (Å²) in [6.07, 6.45) is -1.10. The van der Waals surface area contributed by atoms with E-state index in [-0.39, 0.29) is 6.04 Å². The van der Waals surface area contributed by atoms with E-state index in [0.29, 0.717) is 5.82 Å². The summed E-state index contributed by atoms with van der Waals surface area (Å²) in [6, 6.07) is 0.109. The first-order chi connectivity index (χ1) is 5.13. The van der Waals surface area contributed by atoms with Gasteiger partial charge in [0.05, 0.1) is 6.04 Å². The Morgan fingerprint density at radius 1 is 1.36 bits per heavy atom. The lowest BCUT2D eigenvalue weighted by Crippen LogP contribution is -2.08. The van der Waals surface area contributed by atoms with Gasteiger partial charge < -0.3 is 0 Å². The summed E-state index contributed by atoms with van der Waals surface area (Å²) >= 11 is 0.